The van der Waals surface area contributed by atoms with E-state index in [4.69, 9.17) is 4.74 Å². The average Bonchev–Trinajstić information content (AvgIpc) is 2.46. The number of rotatable bonds is 5. The number of ether oxygens (including phenoxy) is 1. The highest BCUT2D eigenvalue weighted by atomic mass is 16.5. The quantitative estimate of drug-likeness (QED) is 0.902. The largest absolute Gasteiger partial charge is 0.477 e. The van der Waals surface area contributed by atoms with Crippen LogP contribution in [0.5, 0.6) is 5.88 Å². The lowest BCUT2D eigenvalue weighted by molar-refractivity contribution is 0.193. The van der Waals surface area contributed by atoms with Crippen LogP contribution < -0.4 is 10.1 Å². The van der Waals surface area contributed by atoms with E-state index in [0.29, 0.717) is 11.8 Å². The second-order valence-corrected chi connectivity index (χ2v) is 4.88. The van der Waals surface area contributed by atoms with E-state index in [9.17, 15) is 0 Å². The molecular formula is C16H17N3O. The second kappa shape index (κ2) is 6.30. The van der Waals surface area contributed by atoms with Crippen LogP contribution in [-0.2, 0) is 0 Å². The molecule has 2 aromatic rings. The summed E-state index contributed by atoms with van der Waals surface area (Å²) in [5.41, 5.74) is 2.18. The van der Waals surface area contributed by atoms with E-state index in [-0.39, 0.29) is 0 Å². The maximum absolute atomic E-state index is 5.64. The van der Waals surface area contributed by atoms with Crippen molar-refractivity contribution in [2.75, 3.05) is 19.7 Å². The predicted octanol–water partition coefficient (Wildman–Crippen LogP) is 2.25. The average molecular weight is 267 g/mol. The summed E-state index contributed by atoms with van der Waals surface area (Å²) in [4.78, 5) is 8.31. The predicted molar refractivity (Wildman–Crippen MR) is 79.3 cm³/mol. The molecule has 3 heterocycles. The lowest BCUT2D eigenvalue weighted by Gasteiger charge is -2.26. The summed E-state index contributed by atoms with van der Waals surface area (Å²) in [6, 6.07) is 7.86. The molecule has 1 fully saturated rings. The summed E-state index contributed by atoms with van der Waals surface area (Å²) in [5, 5.41) is 3.22. The van der Waals surface area contributed by atoms with Crippen molar-refractivity contribution in [2.45, 2.75) is 0 Å². The molecule has 3 rings (SSSR count). The molecule has 0 radical (unpaired) electrons. The van der Waals surface area contributed by atoms with E-state index in [1.54, 1.807) is 12.4 Å². The first kappa shape index (κ1) is 12.8. The number of hydrogen-bond donors (Lipinski definition) is 1. The molecule has 20 heavy (non-hydrogen) atoms. The van der Waals surface area contributed by atoms with Gasteiger partial charge >= 0.3 is 0 Å². The molecule has 1 aliphatic rings. The number of nitrogens with zero attached hydrogens (tertiary/aromatic N) is 2. The Labute approximate surface area is 118 Å². The molecule has 1 N–H and O–H groups in total. The normalized spacial score (nSPS) is 15.2. The lowest BCUT2D eigenvalue weighted by Crippen LogP contribution is -2.45. The molecule has 0 atom stereocenters. The van der Waals surface area contributed by atoms with Gasteiger partial charge in [0.25, 0.3) is 0 Å². The fourth-order valence-corrected chi connectivity index (χ4v) is 1.91. The topological polar surface area (TPSA) is 47.0 Å². The SMILES string of the molecule is C(=Cc1ccc(OCC2CNC2)nc1)c1ccncc1. The molecule has 4 nitrogen and oxygen atoms in total. The van der Waals surface area contributed by atoms with Crippen molar-refractivity contribution in [3.05, 3.63) is 54.0 Å². The van der Waals surface area contributed by atoms with Crippen LogP contribution >= 0.6 is 0 Å². The van der Waals surface area contributed by atoms with Gasteiger partial charge < -0.3 is 10.1 Å². The Hall–Kier alpha value is -2.20. The molecule has 2 aromatic heterocycles. The minimum atomic E-state index is 0.628. The molecule has 102 valence electrons. The van der Waals surface area contributed by atoms with E-state index in [0.717, 1.165) is 30.8 Å². The Balaban J connectivity index is 1.56. The van der Waals surface area contributed by atoms with Gasteiger partial charge in [-0.1, -0.05) is 12.2 Å². The van der Waals surface area contributed by atoms with Crippen LogP contribution in [0, 0.1) is 5.92 Å². The first-order chi connectivity index (χ1) is 9.90. The van der Waals surface area contributed by atoms with Crippen molar-refractivity contribution < 1.29 is 4.74 Å². The summed E-state index contributed by atoms with van der Waals surface area (Å²) in [7, 11) is 0. The zero-order valence-electron chi connectivity index (χ0n) is 11.2. The first-order valence-corrected chi connectivity index (χ1v) is 6.78. The van der Waals surface area contributed by atoms with Gasteiger partial charge in [0.15, 0.2) is 0 Å². The highest BCUT2D eigenvalue weighted by Crippen LogP contribution is 2.12. The van der Waals surface area contributed by atoms with Crippen molar-refractivity contribution in [1.82, 2.24) is 15.3 Å². The summed E-state index contributed by atoms with van der Waals surface area (Å²) < 4.78 is 5.64. The number of aromatic nitrogens is 2. The number of pyridine rings is 2. The lowest BCUT2D eigenvalue weighted by atomic mass is 10.1. The van der Waals surface area contributed by atoms with Crippen LogP contribution in [0.2, 0.25) is 0 Å². The van der Waals surface area contributed by atoms with Crippen LogP contribution in [0.25, 0.3) is 12.2 Å². The standard InChI is InChI=1S/C16H17N3O/c1(13-5-7-17-8-6-13)2-14-3-4-16(19-11-14)20-12-15-9-18-10-15/h1-8,11,15,18H,9-10,12H2. The van der Waals surface area contributed by atoms with E-state index in [1.807, 2.05) is 42.6 Å². The number of hydrogen-bond acceptors (Lipinski definition) is 4. The van der Waals surface area contributed by atoms with E-state index >= 15 is 0 Å². The van der Waals surface area contributed by atoms with Crippen LogP contribution in [0.3, 0.4) is 0 Å². The Kier molecular flexibility index (Phi) is 4.04. The third kappa shape index (κ3) is 3.42. The molecule has 0 aliphatic carbocycles. The summed E-state index contributed by atoms with van der Waals surface area (Å²) in [6.45, 7) is 2.84. The molecular weight excluding hydrogens is 250 g/mol. The van der Waals surface area contributed by atoms with Gasteiger partial charge in [0.2, 0.25) is 5.88 Å². The molecule has 4 heteroatoms. The third-order valence-electron chi connectivity index (χ3n) is 3.27. The molecule has 1 aliphatic heterocycles. The number of nitrogens with one attached hydrogen (secondary N) is 1. The summed E-state index contributed by atoms with van der Waals surface area (Å²) >= 11 is 0. The zero-order chi connectivity index (χ0) is 13.6. The van der Waals surface area contributed by atoms with Gasteiger partial charge in [0.1, 0.15) is 0 Å². The van der Waals surface area contributed by atoms with E-state index in [1.165, 1.54) is 0 Å². The molecule has 0 amide bonds. The van der Waals surface area contributed by atoms with Crippen LogP contribution in [0.4, 0.5) is 0 Å². The van der Waals surface area contributed by atoms with Crippen molar-refractivity contribution in [1.29, 1.82) is 0 Å². The maximum atomic E-state index is 5.64. The Morgan fingerprint density at radius 3 is 2.55 bits per heavy atom. The van der Waals surface area contributed by atoms with Crippen molar-refractivity contribution in [3.8, 4) is 5.88 Å². The minimum Gasteiger partial charge on any atom is -0.477 e. The van der Waals surface area contributed by atoms with E-state index in [2.05, 4.69) is 15.3 Å². The minimum absolute atomic E-state index is 0.628. The molecule has 0 aromatic carbocycles. The monoisotopic (exact) mass is 267 g/mol. The maximum Gasteiger partial charge on any atom is 0.213 e. The van der Waals surface area contributed by atoms with Crippen molar-refractivity contribution >= 4 is 12.2 Å². The van der Waals surface area contributed by atoms with Crippen LogP contribution in [-0.4, -0.2) is 29.7 Å². The molecule has 0 saturated carbocycles. The molecule has 1 saturated heterocycles. The van der Waals surface area contributed by atoms with Gasteiger partial charge in [0.05, 0.1) is 6.61 Å². The third-order valence-corrected chi connectivity index (χ3v) is 3.27. The van der Waals surface area contributed by atoms with Crippen LogP contribution in [0.15, 0.2) is 42.9 Å². The Bertz CT molecular complexity index is 562. The Morgan fingerprint density at radius 1 is 1.10 bits per heavy atom. The van der Waals surface area contributed by atoms with Gasteiger partial charge in [-0.05, 0) is 29.3 Å². The molecule has 0 spiro atoms. The van der Waals surface area contributed by atoms with Gasteiger partial charge in [-0.3, -0.25) is 4.98 Å². The zero-order valence-corrected chi connectivity index (χ0v) is 11.2. The van der Waals surface area contributed by atoms with Gasteiger partial charge in [0, 0.05) is 43.7 Å². The Morgan fingerprint density at radius 2 is 1.90 bits per heavy atom. The first-order valence-electron chi connectivity index (χ1n) is 6.78. The summed E-state index contributed by atoms with van der Waals surface area (Å²) in [5.74, 6) is 1.32. The smallest absolute Gasteiger partial charge is 0.213 e. The molecule has 0 unspecified atom stereocenters. The van der Waals surface area contributed by atoms with Crippen molar-refractivity contribution in [3.63, 3.8) is 0 Å². The fraction of sp³-hybridized carbons (Fsp3) is 0.250. The highest BCUT2D eigenvalue weighted by Gasteiger charge is 2.17. The highest BCUT2D eigenvalue weighted by molar-refractivity contribution is 5.68. The van der Waals surface area contributed by atoms with Gasteiger partial charge in [-0.2, -0.15) is 0 Å². The fourth-order valence-electron chi connectivity index (χ4n) is 1.91. The van der Waals surface area contributed by atoms with Crippen molar-refractivity contribution in [2.24, 2.45) is 5.92 Å². The van der Waals surface area contributed by atoms with Crippen LogP contribution in [0.1, 0.15) is 11.1 Å². The molecule has 0 bridgehead atoms. The van der Waals surface area contributed by atoms with Gasteiger partial charge in [-0.15, -0.1) is 0 Å². The van der Waals surface area contributed by atoms with E-state index < -0.39 is 0 Å². The summed E-state index contributed by atoms with van der Waals surface area (Å²) in [6.07, 6.45) is 9.46. The second-order valence-electron chi connectivity index (χ2n) is 4.88. The van der Waals surface area contributed by atoms with Gasteiger partial charge in [-0.25, -0.2) is 4.98 Å².